The van der Waals surface area contributed by atoms with Gasteiger partial charge in [0.2, 0.25) is 0 Å². The van der Waals surface area contributed by atoms with Crippen LogP contribution in [-0.2, 0) is 17.8 Å². The fourth-order valence-electron chi connectivity index (χ4n) is 8.26. The number of nitrogens with zero attached hydrogens (tertiary/aromatic N) is 2. The molecular weight excluding hydrogens is 665 g/mol. The van der Waals surface area contributed by atoms with E-state index in [-0.39, 0.29) is 0 Å². The summed E-state index contributed by atoms with van der Waals surface area (Å²) in [5, 5.41) is 6.91. The highest BCUT2D eigenvalue weighted by molar-refractivity contribution is 6.22. The van der Waals surface area contributed by atoms with Gasteiger partial charge in [0.1, 0.15) is 28.3 Å². The van der Waals surface area contributed by atoms with Gasteiger partial charge >= 0.3 is 0 Å². The van der Waals surface area contributed by atoms with Crippen molar-refractivity contribution >= 4 is 54.5 Å². The first-order chi connectivity index (χ1) is 26.7. The van der Waals surface area contributed by atoms with Crippen LogP contribution in [0.15, 0.2) is 162 Å². The first-order valence-electron chi connectivity index (χ1n) is 18.4. The Kier molecular flexibility index (Phi) is 7.74. The third kappa shape index (κ3) is 5.08. The van der Waals surface area contributed by atoms with E-state index in [2.05, 4.69) is 115 Å². The Morgan fingerprint density at radius 2 is 1.24 bits per heavy atom. The Morgan fingerprint density at radius 1 is 0.593 bits per heavy atom. The van der Waals surface area contributed by atoms with Crippen molar-refractivity contribution in [3.8, 4) is 39.4 Å². The molecule has 0 fully saturated rings. The summed E-state index contributed by atoms with van der Waals surface area (Å²) in [6.45, 7) is 2.59. The molecule has 0 aliphatic rings. The van der Waals surface area contributed by atoms with Crippen molar-refractivity contribution in [2.24, 2.45) is 0 Å². The number of aryl methyl sites for hydroxylation is 1. The summed E-state index contributed by atoms with van der Waals surface area (Å²) in [6, 6.07) is 55.1. The number of methoxy groups -OCH3 is 1. The van der Waals surface area contributed by atoms with Crippen molar-refractivity contribution in [3.05, 3.63) is 169 Å². The van der Waals surface area contributed by atoms with E-state index in [1.54, 1.807) is 7.11 Å². The van der Waals surface area contributed by atoms with Gasteiger partial charge in [-0.3, -0.25) is 4.57 Å². The molecule has 2 heterocycles. The average Bonchev–Trinajstić information content (AvgIpc) is 3.79. The summed E-state index contributed by atoms with van der Waals surface area (Å²) in [5.74, 6) is 2.47. The Balaban J connectivity index is 1.28. The SMILES string of the molecule is CCc1nc2cccc(Oc3ccccc3)c2n1-c1c(COC)cccc1-c1c2ccccc2c(-c2ccc3c(c2)oc2ccccc23)c2ccccc12. The monoisotopic (exact) mass is 700 g/mol. The summed E-state index contributed by atoms with van der Waals surface area (Å²) < 4.78 is 21.2. The van der Waals surface area contributed by atoms with Gasteiger partial charge in [-0.15, -0.1) is 0 Å². The van der Waals surface area contributed by atoms with Crippen molar-refractivity contribution in [2.45, 2.75) is 20.0 Å². The van der Waals surface area contributed by atoms with E-state index in [1.807, 2.05) is 54.6 Å². The van der Waals surface area contributed by atoms with Crippen LogP contribution in [0.2, 0.25) is 0 Å². The van der Waals surface area contributed by atoms with E-state index >= 15 is 0 Å². The molecule has 10 aromatic rings. The molecular formula is C49H36N2O3. The smallest absolute Gasteiger partial charge is 0.153 e. The fourth-order valence-corrected chi connectivity index (χ4v) is 8.26. The van der Waals surface area contributed by atoms with Gasteiger partial charge in [-0.2, -0.15) is 0 Å². The summed E-state index contributed by atoms with van der Waals surface area (Å²) in [6.07, 6.45) is 0.727. The second-order valence-electron chi connectivity index (χ2n) is 13.7. The van der Waals surface area contributed by atoms with E-state index in [4.69, 9.17) is 18.9 Å². The zero-order valence-electron chi connectivity index (χ0n) is 30.0. The van der Waals surface area contributed by atoms with E-state index in [0.717, 1.165) is 95.4 Å². The lowest BCUT2D eigenvalue weighted by Gasteiger charge is -2.23. The van der Waals surface area contributed by atoms with Crippen LogP contribution in [0.25, 0.3) is 82.5 Å². The molecule has 0 radical (unpaired) electrons. The van der Waals surface area contributed by atoms with Gasteiger partial charge in [0.15, 0.2) is 5.75 Å². The molecule has 0 aliphatic heterocycles. The lowest BCUT2D eigenvalue weighted by molar-refractivity contribution is 0.185. The van der Waals surface area contributed by atoms with E-state index in [9.17, 15) is 0 Å². The molecule has 0 bridgehead atoms. The van der Waals surface area contributed by atoms with Crippen LogP contribution in [-0.4, -0.2) is 16.7 Å². The Hall–Kier alpha value is -6.69. The normalized spacial score (nSPS) is 11.7. The van der Waals surface area contributed by atoms with E-state index in [0.29, 0.717) is 6.61 Å². The molecule has 2 aromatic heterocycles. The molecule has 0 spiro atoms. The standard InChI is InChI=1S/C49H36N2O3/c1-3-45-50-41-24-14-26-43(53-33-16-5-4-6-17-33)49(41)51(45)48-32(30-52-2)15-13-23-40(48)47-38-21-9-7-19-36(38)46(37-20-8-10-22-39(37)47)31-27-28-35-34-18-11-12-25-42(34)54-44(35)29-31/h4-29H,3,30H2,1-2H3. The number of rotatable bonds is 8. The minimum absolute atomic E-state index is 0.430. The number of ether oxygens (including phenoxy) is 2. The number of para-hydroxylation sites is 4. The lowest BCUT2D eigenvalue weighted by atomic mass is 9.85. The van der Waals surface area contributed by atoms with Gasteiger partial charge in [0, 0.05) is 35.4 Å². The first-order valence-corrected chi connectivity index (χ1v) is 18.4. The predicted molar refractivity (Wildman–Crippen MR) is 221 cm³/mol. The molecule has 8 aromatic carbocycles. The van der Waals surface area contributed by atoms with Crippen molar-refractivity contribution in [1.82, 2.24) is 9.55 Å². The summed E-state index contributed by atoms with van der Waals surface area (Å²) in [4.78, 5) is 5.20. The van der Waals surface area contributed by atoms with Crippen LogP contribution in [0.5, 0.6) is 11.5 Å². The van der Waals surface area contributed by atoms with E-state index in [1.165, 1.54) is 16.3 Å². The minimum Gasteiger partial charge on any atom is -0.456 e. The summed E-state index contributed by atoms with van der Waals surface area (Å²) in [5.41, 5.74) is 10.2. The van der Waals surface area contributed by atoms with Gasteiger partial charge in [-0.05, 0) is 80.7 Å². The molecule has 54 heavy (non-hydrogen) atoms. The van der Waals surface area contributed by atoms with Crippen molar-refractivity contribution in [1.29, 1.82) is 0 Å². The van der Waals surface area contributed by atoms with Gasteiger partial charge in [-0.25, -0.2) is 4.98 Å². The molecule has 0 unspecified atom stereocenters. The van der Waals surface area contributed by atoms with Crippen molar-refractivity contribution in [3.63, 3.8) is 0 Å². The topological polar surface area (TPSA) is 49.4 Å². The summed E-state index contributed by atoms with van der Waals surface area (Å²) >= 11 is 0. The third-order valence-electron chi connectivity index (χ3n) is 10.5. The molecule has 5 heteroatoms. The number of aromatic nitrogens is 2. The second kappa shape index (κ2) is 13.1. The molecule has 0 atom stereocenters. The van der Waals surface area contributed by atoms with Crippen LogP contribution in [0.4, 0.5) is 0 Å². The third-order valence-corrected chi connectivity index (χ3v) is 10.5. The van der Waals surface area contributed by atoms with Gasteiger partial charge in [0.05, 0.1) is 17.8 Å². The maximum Gasteiger partial charge on any atom is 0.153 e. The Bertz CT molecular complexity index is 2970. The van der Waals surface area contributed by atoms with Crippen molar-refractivity contribution in [2.75, 3.05) is 7.11 Å². The number of benzene rings is 8. The zero-order valence-corrected chi connectivity index (χ0v) is 30.0. The van der Waals surface area contributed by atoms with Gasteiger partial charge in [-0.1, -0.05) is 122 Å². The average molecular weight is 701 g/mol. The zero-order chi connectivity index (χ0) is 36.2. The molecule has 260 valence electrons. The molecule has 0 N–H and O–H groups in total. The second-order valence-corrected chi connectivity index (χ2v) is 13.7. The van der Waals surface area contributed by atoms with Gasteiger partial charge in [0.25, 0.3) is 0 Å². The molecule has 0 saturated heterocycles. The van der Waals surface area contributed by atoms with Crippen LogP contribution in [0.3, 0.4) is 0 Å². The number of imidazole rings is 1. The lowest BCUT2D eigenvalue weighted by Crippen LogP contribution is -2.08. The molecule has 5 nitrogen and oxygen atoms in total. The van der Waals surface area contributed by atoms with Crippen LogP contribution < -0.4 is 4.74 Å². The maximum absolute atomic E-state index is 6.61. The summed E-state index contributed by atoms with van der Waals surface area (Å²) in [7, 11) is 1.76. The first kappa shape index (κ1) is 32.0. The molecule has 0 amide bonds. The number of fused-ring (bicyclic) bond motifs is 6. The van der Waals surface area contributed by atoms with Crippen LogP contribution in [0.1, 0.15) is 18.3 Å². The Labute approximate surface area is 312 Å². The van der Waals surface area contributed by atoms with Crippen LogP contribution in [0, 0.1) is 0 Å². The number of furan rings is 1. The highest BCUT2D eigenvalue weighted by Gasteiger charge is 2.25. The highest BCUT2D eigenvalue weighted by Crippen LogP contribution is 2.47. The molecule has 0 aliphatic carbocycles. The molecule has 0 saturated carbocycles. The fraction of sp³-hybridized carbons (Fsp3) is 0.0816. The van der Waals surface area contributed by atoms with E-state index < -0.39 is 0 Å². The Morgan fingerprint density at radius 3 is 1.96 bits per heavy atom. The van der Waals surface area contributed by atoms with Crippen molar-refractivity contribution < 1.29 is 13.9 Å². The highest BCUT2D eigenvalue weighted by atomic mass is 16.5. The van der Waals surface area contributed by atoms with Gasteiger partial charge < -0.3 is 13.9 Å². The number of hydrogen-bond acceptors (Lipinski definition) is 4. The van der Waals surface area contributed by atoms with Crippen LogP contribution >= 0.6 is 0 Å². The predicted octanol–water partition coefficient (Wildman–Crippen LogP) is 13.1. The molecule has 10 rings (SSSR count). The maximum atomic E-state index is 6.61. The quantitative estimate of drug-likeness (QED) is 0.148. The largest absolute Gasteiger partial charge is 0.456 e. The number of hydrogen-bond donors (Lipinski definition) is 0. The minimum atomic E-state index is 0.430.